The van der Waals surface area contributed by atoms with Crippen LogP contribution >= 0.6 is 0 Å². The summed E-state index contributed by atoms with van der Waals surface area (Å²) in [4.78, 5) is 37.8. The SMILES string of the molecule is CCCCCCC/C=C\C/C=C\C/C=C\CCCCCCCCC(=O)OCC(COC(=O)CCCCCCC)OC(=O)CCCCCCCCCCCCCCCCCCCCCC. The Bertz CT molecular complexity index is 1080. The number of carbonyl (C=O) groups is 3. The van der Waals surface area contributed by atoms with Crippen LogP contribution in [-0.4, -0.2) is 37.2 Å². The number of rotatable bonds is 51. The number of hydrogen-bond donors (Lipinski definition) is 0. The van der Waals surface area contributed by atoms with E-state index in [9.17, 15) is 14.4 Å². The second-order valence-electron chi connectivity index (χ2n) is 18.9. The molecule has 0 bridgehead atoms. The lowest BCUT2D eigenvalue weighted by molar-refractivity contribution is -0.167. The van der Waals surface area contributed by atoms with Crippen molar-refractivity contribution in [1.82, 2.24) is 0 Å². The van der Waals surface area contributed by atoms with Crippen molar-refractivity contribution in [3.05, 3.63) is 36.5 Å². The molecular formula is C58H106O6. The highest BCUT2D eigenvalue weighted by Crippen LogP contribution is 2.16. The first-order valence-electron chi connectivity index (χ1n) is 28.0. The van der Waals surface area contributed by atoms with E-state index in [1.807, 2.05) is 0 Å². The number of allylic oxidation sites excluding steroid dienone is 6. The molecule has 0 radical (unpaired) electrons. The van der Waals surface area contributed by atoms with E-state index in [0.717, 1.165) is 83.5 Å². The maximum atomic E-state index is 12.8. The highest BCUT2D eigenvalue weighted by molar-refractivity contribution is 5.71. The number of unbranched alkanes of at least 4 members (excludes halogenated alkanes) is 34. The molecule has 64 heavy (non-hydrogen) atoms. The van der Waals surface area contributed by atoms with E-state index in [1.54, 1.807) is 0 Å². The smallest absolute Gasteiger partial charge is 0.306 e. The molecule has 0 aromatic carbocycles. The lowest BCUT2D eigenvalue weighted by Crippen LogP contribution is -2.30. The molecule has 0 N–H and O–H groups in total. The maximum Gasteiger partial charge on any atom is 0.306 e. The summed E-state index contributed by atoms with van der Waals surface area (Å²) in [5, 5.41) is 0. The van der Waals surface area contributed by atoms with Gasteiger partial charge in [0.05, 0.1) is 0 Å². The van der Waals surface area contributed by atoms with E-state index < -0.39 is 6.10 Å². The number of esters is 3. The predicted octanol–water partition coefficient (Wildman–Crippen LogP) is 18.5. The van der Waals surface area contributed by atoms with E-state index >= 15 is 0 Å². The van der Waals surface area contributed by atoms with Gasteiger partial charge in [0.1, 0.15) is 13.2 Å². The van der Waals surface area contributed by atoms with Gasteiger partial charge in [-0.25, -0.2) is 0 Å². The van der Waals surface area contributed by atoms with Crippen molar-refractivity contribution >= 4 is 17.9 Å². The topological polar surface area (TPSA) is 78.9 Å². The first-order chi connectivity index (χ1) is 31.5. The van der Waals surface area contributed by atoms with Crippen LogP contribution in [0.1, 0.15) is 297 Å². The average Bonchev–Trinajstić information content (AvgIpc) is 3.29. The van der Waals surface area contributed by atoms with Gasteiger partial charge >= 0.3 is 17.9 Å². The van der Waals surface area contributed by atoms with Crippen LogP contribution in [0.2, 0.25) is 0 Å². The van der Waals surface area contributed by atoms with Crippen LogP contribution in [0.15, 0.2) is 36.5 Å². The molecule has 374 valence electrons. The largest absolute Gasteiger partial charge is 0.462 e. The van der Waals surface area contributed by atoms with Gasteiger partial charge in [0, 0.05) is 19.3 Å². The Morgan fingerprint density at radius 2 is 0.562 bits per heavy atom. The second kappa shape index (κ2) is 53.2. The zero-order valence-corrected chi connectivity index (χ0v) is 42.8. The van der Waals surface area contributed by atoms with Gasteiger partial charge in [-0.3, -0.25) is 14.4 Å². The van der Waals surface area contributed by atoms with Crippen LogP contribution in [0.4, 0.5) is 0 Å². The van der Waals surface area contributed by atoms with Crippen molar-refractivity contribution in [2.45, 2.75) is 303 Å². The van der Waals surface area contributed by atoms with Gasteiger partial charge in [-0.2, -0.15) is 0 Å². The Balaban J connectivity index is 4.11. The third-order valence-corrected chi connectivity index (χ3v) is 12.4. The highest BCUT2D eigenvalue weighted by atomic mass is 16.6. The fourth-order valence-electron chi connectivity index (χ4n) is 8.16. The van der Waals surface area contributed by atoms with Gasteiger partial charge in [-0.1, -0.05) is 256 Å². The van der Waals surface area contributed by atoms with Crippen molar-refractivity contribution in [1.29, 1.82) is 0 Å². The molecule has 0 saturated heterocycles. The second-order valence-corrected chi connectivity index (χ2v) is 18.9. The molecule has 0 aliphatic heterocycles. The van der Waals surface area contributed by atoms with Crippen LogP contribution in [0.3, 0.4) is 0 Å². The van der Waals surface area contributed by atoms with Gasteiger partial charge in [-0.15, -0.1) is 0 Å². The molecule has 0 aliphatic carbocycles. The quantitative estimate of drug-likeness (QED) is 0.0262. The third-order valence-electron chi connectivity index (χ3n) is 12.4. The van der Waals surface area contributed by atoms with Crippen molar-refractivity contribution < 1.29 is 28.6 Å². The standard InChI is InChI=1S/C58H106O6/c1-4-7-10-13-15-17-19-21-23-25-27-29-31-32-34-36-38-40-42-45-48-51-57(60)63-54-55(53-62-56(59)50-47-44-12-9-6-3)64-58(61)52-49-46-43-41-39-37-35-33-30-28-26-24-22-20-18-16-14-11-8-5-2/h19,21,25,27,31-32,55H,4-18,20,22-24,26,28-30,33-54H2,1-3H3/b21-19-,27-25-,32-31-. The fourth-order valence-corrected chi connectivity index (χ4v) is 8.16. The summed E-state index contributed by atoms with van der Waals surface area (Å²) in [6.45, 7) is 6.57. The Labute approximate surface area is 397 Å². The Morgan fingerprint density at radius 1 is 0.312 bits per heavy atom. The summed E-state index contributed by atoms with van der Waals surface area (Å²) >= 11 is 0. The van der Waals surface area contributed by atoms with E-state index in [-0.39, 0.29) is 31.1 Å². The molecule has 1 unspecified atom stereocenters. The van der Waals surface area contributed by atoms with Crippen LogP contribution in [-0.2, 0) is 28.6 Å². The van der Waals surface area contributed by atoms with Gasteiger partial charge in [0.25, 0.3) is 0 Å². The minimum absolute atomic E-state index is 0.0745. The van der Waals surface area contributed by atoms with Crippen LogP contribution in [0.5, 0.6) is 0 Å². The van der Waals surface area contributed by atoms with E-state index in [0.29, 0.717) is 19.3 Å². The molecule has 0 spiro atoms. The summed E-state index contributed by atoms with van der Waals surface area (Å²) in [6, 6.07) is 0. The Hall–Kier alpha value is -2.37. The maximum absolute atomic E-state index is 12.8. The highest BCUT2D eigenvalue weighted by Gasteiger charge is 2.19. The zero-order chi connectivity index (χ0) is 46.5. The minimum Gasteiger partial charge on any atom is -0.462 e. The summed E-state index contributed by atoms with van der Waals surface area (Å²) in [5.74, 6) is -0.887. The monoisotopic (exact) mass is 899 g/mol. The minimum atomic E-state index is -0.771. The van der Waals surface area contributed by atoms with E-state index in [4.69, 9.17) is 14.2 Å². The molecule has 0 fully saturated rings. The van der Waals surface area contributed by atoms with Crippen LogP contribution in [0, 0.1) is 0 Å². The zero-order valence-electron chi connectivity index (χ0n) is 42.8. The third kappa shape index (κ3) is 50.6. The van der Waals surface area contributed by atoms with Gasteiger partial charge in [0.2, 0.25) is 0 Å². The molecule has 0 aliphatic rings. The van der Waals surface area contributed by atoms with E-state index in [1.165, 1.54) is 173 Å². The first kappa shape index (κ1) is 61.6. The number of carbonyl (C=O) groups excluding carboxylic acids is 3. The molecular weight excluding hydrogens is 793 g/mol. The summed E-state index contributed by atoms with van der Waals surface area (Å²) in [7, 11) is 0. The number of hydrogen-bond acceptors (Lipinski definition) is 6. The molecule has 6 heteroatoms. The fraction of sp³-hybridized carbons (Fsp3) is 0.845. The van der Waals surface area contributed by atoms with Crippen molar-refractivity contribution in [3.8, 4) is 0 Å². The number of ether oxygens (including phenoxy) is 3. The molecule has 6 nitrogen and oxygen atoms in total. The van der Waals surface area contributed by atoms with Crippen LogP contribution in [0.25, 0.3) is 0 Å². The summed E-state index contributed by atoms with van der Waals surface area (Å²) in [6.07, 6.45) is 63.2. The van der Waals surface area contributed by atoms with Gasteiger partial charge < -0.3 is 14.2 Å². The average molecular weight is 899 g/mol. The first-order valence-corrected chi connectivity index (χ1v) is 28.0. The molecule has 0 rings (SSSR count). The van der Waals surface area contributed by atoms with Gasteiger partial charge in [-0.05, 0) is 57.8 Å². The molecule has 0 amide bonds. The molecule has 0 aromatic rings. The predicted molar refractivity (Wildman–Crippen MR) is 275 cm³/mol. The van der Waals surface area contributed by atoms with E-state index in [2.05, 4.69) is 57.2 Å². The lowest BCUT2D eigenvalue weighted by Gasteiger charge is -2.18. The summed E-state index contributed by atoms with van der Waals surface area (Å²) < 4.78 is 16.7. The van der Waals surface area contributed by atoms with Crippen molar-refractivity contribution in [2.75, 3.05) is 13.2 Å². The van der Waals surface area contributed by atoms with Crippen molar-refractivity contribution in [3.63, 3.8) is 0 Å². The van der Waals surface area contributed by atoms with Crippen LogP contribution < -0.4 is 0 Å². The Kier molecular flexibility index (Phi) is 51.3. The lowest BCUT2D eigenvalue weighted by atomic mass is 10.0. The normalized spacial score (nSPS) is 12.2. The van der Waals surface area contributed by atoms with Gasteiger partial charge in [0.15, 0.2) is 6.10 Å². The summed E-state index contributed by atoms with van der Waals surface area (Å²) in [5.41, 5.74) is 0. The molecule has 0 heterocycles. The molecule has 1 atom stereocenters. The molecule has 0 aromatic heterocycles. The van der Waals surface area contributed by atoms with Crippen molar-refractivity contribution in [2.24, 2.45) is 0 Å². The molecule has 0 saturated carbocycles. The Morgan fingerprint density at radius 3 is 0.875 bits per heavy atom.